The van der Waals surface area contributed by atoms with Gasteiger partial charge in [-0.25, -0.2) is 0 Å². The van der Waals surface area contributed by atoms with Crippen molar-refractivity contribution < 1.29 is 14.7 Å². The van der Waals surface area contributed by atoms with Crippen LogP contribution in [0.2, 0.25) is 5.02 Å². The maximum absolute atomic E-state index is 12.0. The predicted molar refractivity (Wildman–Crippen MR) is 65.1 cm³/mol. The number of halogens is 1. The van der Waals surface area contributed by atoms with Gasteiger partial charge in [0.2, 0.25) is 0 Å². The standard InChI is InChI=1S/C11H13ClN2O3/c1-2-14(6-10(15)16)11(17)7-3-8(12)5-9(13)4-7/h3-5H,2,6,13H2,1H3,(H,15,16). The van der Waals surface area contributed by atoms with Crippen molar-refractivity contribution >= 4 is 29.2 Å². The maximum Gasteiger partial charge on any atom is 0.323 e. The van der Waals surface area contributed by atoms with Gasteiger partial charge in [-0.1, -0.05) is 11.6 Å². The summed E-state index contributed by atoms with van der Waals surface area (Å²) in [5.74, 6) is -1.46. The molecule has 1 rings (SSSR count). The van der Waals surface area contributed by atoms with E-state index in [2.05, 4.69) is 0 Å². The number of carboxylic acids is 1. The molecule has 0 aliphatic heterocycles. The fraction of sp³-hybridized carbons (Fsp3) is 0.273. The second-order valence-corrected chi connectivity index (χ2v) is 3.92. The number of carbonyl (C=O) groups excluding carboxylic acids is 1. The summed E-state index contributed by atoms with van der Waals surface area (Å²) >= 11 is 5.78. The number of hydrogen-bond acceptors (Lipinski definition) is 3. The molecule has 6 heteroatoms. The molecule has 0 unspecified atom stereocenters. The zero-order chi connectivity index (χ0) is 13.0. The summed E-state index contributed by atoms with van der Waals surface area (Å²) in [6, 6.07) is 4.45. The summed E-state index contributed by atoms with van der Waals surface area (Å²) < 4.78 is 0. The predicted octanol–water partition coefficient (Wildman–Crippen LogP) is 1.47. The number of nitrogens with zero attached hydrogens (tertiary/aromatic N) is 1. The number of anilines is 1. The van der Waals surface area contributed by atoms with Crippen LogP contribution in [0, 0.1) is 0 Å². The van der Waals surface area contributed by atoms with E-state index in [1.807, 2.05) is 0 Å². The number of amides is 1. The fourth-order valence-electron chi connectivity index (χ4n) is 1.41. The summed E-state index contributed by atoms with van der Waals surface area (Å²) in [5.41, 5.74) is 6.23. The minimum Gasteiger partial charge on any atom is -0.480 e. The van der Waals surface area contributed by atoms with E-state index in [4.69, 9.17) is 22.4 Å². The molecule has 0 aliphatic rings. The zero-order valence-corrected chi connectivity index (χ0v) is 10.1. The number of rotatable bonds is 4. The number of carbonyl (C=O) groups is 2. The van der Waals surface area contributed by atoms with Crippen LogP contribution in [-0.4, -0.2) is 35.0 Å². The molecule has 0 aliphatic carbocycles. The summed E-state index contributed by atoms with van der Waals surface area (Å²) in [6.45, 7) is 1.66. The van der Waals surface area contributed by atoms with E-state index in [-0.39, 0.29) is 12.1 Å². The number of nitrogen functional groups attached to an aromatic ring is 1. The third kappa shape index (κ3) is 3.64. The fourth-order valence-corrected chi connectivity index (χ4v) is 1.65. The molecule has 1 aromatic rings. The first kappa shape index (κ1) is 13.3. The third-order valence-electron chi connectivity index (χ3n) is 2.16. The van der Waals surface area contributed by atoms with E-state index < -0.39 is 11.9 Å². The molecular weight excluding hydrogens is 244 g/mol. The lowest BCUT2D eigenvalue weighted by Crippen LogP contribution is -2.35. The Kier molecular flexibility index (Phi) is 4.34. The average Bonchev–Trinajstić information content (AvgIpc) is 2.23. The smallest absolute Gasteiger partial charge is 0.323 e. The van der Waals surface area contributed by atoms with Crippen LogP contribution in [0.25, 0.3) is 0 Å². The highest BCUT2D eigenvalue weighted by Gasteiger charge is 2.17. The molecule has 5 nitrogen and oxygen atoms in total. The lowest BCUT2D eigenvalue weighted by molar-refractivity contribution is -0.137. The molecule has 0 heterocycles. The lowest BCUT2D eigenvalue weighted by Gasteiger charge is -2.18. The summed E-state index contributed by atoms with van der Waals surface area (Å²) in [7, 11) is 0. The minimum absolute atomic E-state index is 0.290. The van der Waals surface area contributed by atoms with Gasteiger partial charge < -0.3 is 15.7 Å². The van der Waals surface area contributed by atoms with Gasteiger partial charge in [-0.15, -0.1) is 0 Å². The van der Waals surface area contributed by atoms with Gasteiger partial charge in [0.05, 0.1) is 0 Å². The quantitative estimate of drug-likeness (QED) is 0.799. The Hall–Kier alpha value is -1.75. The SMILES string of the molecule is CCN(CC(=O)O)C(=O)c1cc(N)cc(Cl)c1. The molecule has 0 saturated carbocycles. The molecule has 17 heavy (non-hydrogen) atoms. The van der Waals surface area contributed by atoms with Gasteiger partial charge in [-0.2, -0.15) is 0 Å². The van der Waals surface area contributed by atoms with E-state index >= 15 is 0 Å². The molecule has 0 saturated heterocycles. The molecule has 3 N–H and O–H groups in total. The first-order valence-corrected chi connectivity index (χ1v) is 5.39. The van der Waals surface area contributed by atoms with Crippen molar-refractivity contribution in [3.63, 3.8) is 0 Å². The second kappa shape index (κ2) is 5.54. The molecule has 1 amide bonds. The summed E-state index contributed by atoms with van der Waals surface area (Å²) in [5, 5.41) is 9.02. The molecule has 92 valence electrons. The number of benzene rings is 1. The molecular formula is C11H13ClN2O3. The van der Waals surface area contributed by atoms with Gasteiger partial charge in [0.25, 0.3) is 5.91 Å². The number of likely N-dealkylation sites (N-methyl/N-ethyl adjacent to an activating group) is 1. The first-order valence-electron chi connectivity index (χ1n) is 5.01. The van der Waals surface area contributed by atoms with E-state index in [1.165, 1.54) is 23.1 Å². The van der Waals surface area contributed by atoms with Crippen molar-refractivity contribution in [3.05, 3.63) is 28.8 Å². The van der Waals surface area contributed by atoms with E-state index in [0.29, 0.717) is 17.3 Å². The van der Waals surface area contributed by atoms with Crippen LogP contribution in [-0.2, 0) is 4.79 Å². The zero-order valence-electron chi connectivity index (χ0n) is 9.31. The minimum atomic E-state index is -1.06. The third-order valence-corrected chi connectivity index (χ3v) is 2.38. The van der Waals surface area contributed by atoms with Crippen molar-refractivity contribution in [1.29, 1.82) is 0 Å². The van der Waals surface area contributed by atoms with Crippen LogP contribution in [0.5, 0.6) is 0 Å². The topological polar surface area (TPSA) is 83.6 Å². The molecule has 1 aromatic carbocycles. The van der Waals surface area contributed by atoms with Crippen LogP contribution >= 0.6 is 11.6 Å². The highest BCUT2D eigenvalue weighted by Crippen LogP contribution is 2.18. The number of carboxylic acid groups (broad SMARTS) is 1. The molecule has 0 fully saturated rings. The largest absolute Gasteiger partial charge is 0.480 e. The Morgan fingerprint density at radius 1 is 1.41 bits per heavy atom. The number of nitrogens with two attached hydrogens (primary N) is 1. The van der Waals surface area contributed by atoms with Gasteiger partial charge in [0.1, 0.15) is 6.54 Å². The van der Waals surface area contributed by atoms with Crippen LogP contribution in [0.4, 0.5) is 5.69 Å². The Labute approximate surface area is 104 Å². The van der Waals surface area contributed by atoms with Crippen molar-refractivity contribution in [2.75, 3.05) is 18.8 Å². The molecule has 0 atom stereocenters. The number of aliphatic carboxylic acids is 1. The summed E-state index contributed by atoms with van der Waals surface area (Å²) in [6.07, 6.45) is 0. The van der Waals surface area contributed by atoms with E-state index in [1.54, 1.807) is 6.92 Å². The summed E-state index contributed by atoms with van der Waals surface area (Å²) in [4.78, 5) is 23.8. The highest BCUT2D eigenvalue weighted by atomic mass is 35.5. The van der Waals surface area contributed by atoms with Crippen LogP contribution in [0.15, 0.2) is 18.2 Å². The lowest BCUT2D eigenvalue weighted by atomic mass is 10.1. The molecule has 0 aromatic heterocycles. The highest BCUT2D eigenvalue weighted by molar-refractivity contribution is 6.31. The van der Waals surface area contributed by atoms with Crippen molar-refractivity contribution in [2.45, 2.75) is 6.92 Å². The van der Waals surface area contributed by atoms with E-state index in [0.717, 1.165) is 0 Å². The second-order valence-electron chi connectivity index (χ2n) is 3.49. The van der Waals surface area contributed by atoms with Gasteiger partial charge in [0, 0.05) is 22.8 Å². The van der Waals surface area contributed by atoms with Gasteiger partial charge >= 0.3 is 5.97 Å². The molecule has 0 spiro atoms. The van der Waals surface area contributed by atoms with Crippen LogP contribution in [0.3, 0.4) is 0 Å². The van der Waals surface area contributed by atoms with Gasteiger partial charge in [-0.05, 0) is 25.1 Å². The Morgan fingerprint density at radius 2 is 2.06 bits per heavy atom. The normalized spacial score (nSPS) is 10.0. The van der Waals surface area contributed by atoms with Crippen LogP contribution in [0.1, 0.15) is 17.3 Å². The Bertz CT molecular complexity index is 428. The Balaban J connectivity index is 2.97. The monoisotopic (exact) mass is 256 g/mol. The van der Waals surface area contributed by atoms with Gasteiger partial charge in [-0.3, -0.25) is 9.59 Å². The van der Waals surface area contributed by atoms with Crippen LogP contribution < -0.4 is 5.73 Å². The maximum atomic E-state index is 12.0. The first-order chi connectivity index (χ1) is 7.93. The average molecular weight is 257 g/mol. The van der Waals surface area contributed by atoms with Gasteiger partial charge in [0.15, 0.2) is 0 Å². The van der Waals surface area contributed by atoms with Crippen molar-refractivity contribution in [2.24, 2.45) is 0 Å². The Morgan fingerprint density at radius 3 is 2.53 bits per heavy atom. The molecule has 0 bridgehead atoms. The van der Waals surface area contributed by atoms with Crippen molar-refractivity contribution in [1.82, 2.24) is 4.90 Å². The van der Waals surface area contributed by atoms with Crippen molar-refractivity contribution in [3.8, 4) is 0 Å². The molecule has 0 radical (unpaired) electrons. The number of hydrogen-bond donors (Lipinski definition) is 2. The van der Waals surface area contributed by atoms with E-state index in [9.17, 15) is 9.59 Å².